The van der Waals surface area contributed by atoms with Crippen LogP contribution in [-0.2, 0) is 23.0 Å². The highest BCUT2D eigenvalue weighted by Gasteiger charge is 2.35. The van der Waals surface area contributed by atoms with Crippen molar-refractivity contribution < 1.29 is 19.4 Å². The van der Waals surface area contributed by atoms with Crippen molar-refractivity contribution in [3.8, 4) is 0 Å². The molecule has 8 nitrogen and oxygen atoms in total. The van der Waals surface area contributed by atoms with E-state index in [9.17, 15) is 9.59 Å². The molecule has 1 fully saturated rings. The highest BCUT2D eigenvalue weighted by atomic mass is 16.5. The van der Waals surface area contributed by atoms with Gasteiger partial charge < -0.3 is 20.5 Å². The van der Waals surface area contributed by atoms with Gasteiger partial charge in [-0.15, -0.1) is 0 Å². The summed E-state index contributed by atoms with van der Waals surface area (Å²) in [6.07, 6.45) is 2.40. The van der Waals surface area contributed by atoms with Crippen molar-refractivity contribution in [3.63, 3.8) is 0 Å². The molecule has 1 aromatic rings. The number of ether oxygens (including phenoxy) is 1. The Balaban J connectivity index is 1.97. The Kier molecular flexibility index (Phi) is 4.23. The molecule has 1 saturated heterocycles. The molecule has 2 amide bonds. The highest BCUT2D eigenvalue weighted by Crippen LogP contribution is 2.16. The molecule has 0 aromatic carbocycles. The van der Waals surface area contributed by atoms with E-state index in [1.807, 2.05) is 6.92 Å². The van der Waals surface area contributed by atoms with Crippen LogP contribution in [0.1, 0.15) is 12.6 Å². The smallest absolute Gasteiger partial charge is 0.319 e. The number of rotatable bonds is 4. The van der Waals surface area contributed by atoms with Gasteiger partial charge in [-0.25, -0.2) is 4.79 Å². The molecule has 0 radical (unpaired) electrons. The van der Waals surface area contributed by atoms with Gasteiger partial charge in [0.2, 0.25) is 0 Å². The van der Waals surface area contributed by atoms with Crippen LogP contribution in [0.4, 0.5) is 10.5 Å². The second-order valence-corrected chi connectivity index (χ2v) is 4.70. The van der Waals surface area contributed by atoms with Crippen LogP contribution < -0.4 is 10.6 Å². The number of carbonyl (C=O) groups is 2. The maximum absolute atomic E-state index is 11.9. The number of nitrogens with one attached hydrogen (secondary N) is 2. The van der Waals surface area contributed by atoms with Crippen molar-refractivity contribution in [1.82, 2.24) is 15.1 Å². The van der Waals surface area contributed by atoms with Crippen molar-refractivity contribution in [1.29, 1.82) is 0 Å². The summed E-state index contributed by atoms with van der Waals surface area (Å²) in [7, 11) is 1.77. The Bertz CT molecular complexity index is 514. The average molecular weight is 282 g/mol. The standard InChI is InChI=1S/C12H18N4O4/c1-3-8-9(4-16(2)15-8)13-12(19)14-10-6-20-5-7(10)11(17)18/h4,7,10H,3,5-6H2,1-2H3,(H,17,18)(H2,13,14,19). The van der Waals surface area contributed by atoms with E-state index in [1.165, 1.54) is 0 Å². The molecule has 110 valence electrons. The van der Waals surface area contributed by atoms with Crippen molar-refractivity contribution in [2.45, 2.75) is 19.4 Å². The molecule has 2 unspecified atom stereocenters. The van der Waals surface area contributed by atoms with Gasteiger partial charge in [0, 0.05) is 13.2 Å². The molecule has 2 heterocycles. The molecule has 0 spiro atoms. The molecule has 0 bridgehead atoms. The molecule has 20 heavy (non-hydrogen) atoms. The Hall–Kier alpha value is -2.09. The molecule has 2 atom stereocenters. The van der Waals surface area contributed by atoms with Crippen LogP contribution in [0.5, 0.6) is 0 Å². The maximum atomic E-state index is 11.9. The number of carboxylic acids is 1. The SMILES string of the molecule is CCc1nn(C)cc1NC(=O)NC1COCC1C(=O)O. The zero-order valence-electron chi connectivity index (χ0n) is 11.4. The van der Waals surface area contributed by atoms with Crippen LogP contribution in [0.15, 0.2) is 6.20 Å². The summed E-state index contributed by atoms with van der Waals surface area (Å²) in [6.45, 7) is 2.27. The van der Waals surface area contributed by atoms with Gasteiger partial charge in [-0.05, 0) is 6.42 Å². The molecule has 1 aromatic heterocycles. The van der Waals surface area contributed by atoms with Crippen LogP contribution in [0, 0.1) is 5.92 Å². The predicted octanol–water partition coefficient (Wildman–Crippen LogP) is 0.204. The Morgan fingerprint density at radius 2 is 2.30 bits per heavy atom. The van der Waals surface area contributed by atoms with Crippen molar-refractivity contribution in [3.05, 3.63) is 11.9 Å². The van der Waals surface area contributed by atoms with Gasteiger partial charge in [-0.1, -0.05) is 6.92 Å². The van der Waals surface area contributed by atoms with Crippen molar-refractivity contribution in [2.24, 2.45) is 13.0 Å². The van der Waals surface area contributed by atoms with Crippen LogP contribution in [0.3, 0.4) is 0 Å². The largest absolute Gasteiger partial charge is 0.481 e. The molecule has 0 aliphatic carbocycles. The fourth-order valence-electron chi connectivity index (χ4n) is 2.17. The van der Waals surface area contributed by atoms with E-state index in [-0.39, 0.29) is 13.2 Å². The molecular formula is C12H18N4O4. The summed E-state index contributed by atoms with van der Waals surface area (Å²) in [6, 6.07) is -0.969. The number of aliphatic carboxylic acids is 1. The zero-order chi connectivity index (χ0) is 14.7. The number of carboxylic acid groups (broad SMARTS) is 1. The van der Waals surface area contributed by atoms with Crippen LogP contribution in [-0.4, -0.2) is 46.1 Å². The monoisotopic (exact) mass is 282 g/mol. The molecule has 1 aliphatic rings. The summed E-state index contributed by atoms with van der Waals surface area (Å²) >= 11 is 0. The lowest BCUT2D eigenvalue weighted by Gasteiger charge is -2.16. The summed E-state index contributed by atoms with van der Waals surface area (Å²) in [4.78, 5) is 22.9. The lowest BCUT2D eigenvalue weighted by molar-refractivity contribution is -0.142. The van der Waals surface area contributed by atoms with Crippen molar-refractivity contribution in [2.75, 3.05) is 18.5 Å². The van der Waals surface area contributed by atoms with Gasteiger partial charge in [-0.3, -0.25) is 9.48 Å². The number of aryl methyl sites for hydroxylation is 2. The first-order chi connectivity index (χ1) is 9.51. The molecular weight excluding hydrogens is 264 g/mol. The van der Waals surface area contributed by atoms with E-state index in [2.05, 4.69) is 15.7 Å². The Labute approximate surface area is 116 Å². The first-order valence-corrected chi connectivity index (χ1v) is 6.41. The van der Waals surface area contributed by atoms with Crippen molar-refractivity contribution >= 4 is 17.7 Å². The molecule has 1 aliphatic heterocycles. The van der Waals surface area contributed by atoms with Crippen LogP contribution in [0.2, 0.25) is 0 Å². The average Bonchev–Trinajstić information content (AvgIpc) is 2.95. The summed E-state index contributed by atoms with van der Waals surface area (Å²) in [5.74, 6) is -1.68. The lowest BCUT2D eigenvalue weighted by atomic mass is 10.0. The topological polar surface area (TPSA) is 105 Å². The Morgan fingerprint density at radius 3 is 2.95 bits per heavy atom. The van der Waals surface area contributed by atoms with E-state index < -0.39 is 24.0 Å². The number of amides is 2. The van der Waals surface area contributed by atoms with Crippen LogP contribution in [0.25, 0.3) is 0 Å². The number of nitrogens with zero attached hydrogens (tertiary/aromatic N) is 2. The van der Waals surface area contributed by atoms with Crippen LogP contribution >= 0.6 is 0 Å². The second kappa shape index (κ2) is 5.91. The minimum Gasteiger partial charge on any atom is -0.481 e. The Morgan fingerprint density at radius 1 is 1.55 bits per heavy atom. The first kappa shape index (κ1) is 14.3. The van der Waals surface area contributed by atoms with E-state index in [0.717, 1.165) is 5.69 Å². The number of urea groups is 1. The number of hydrogen-bond donors (Lipinski definition) is 3. The fraction of sp³-hybridized carbons (Fsp3) is 0.583. The number of hydrogen-bond acceptors (Lipinski definition) is 4. The highest BCUT2D eigenvalue weighted by molar-refractivity contribution is 5.90. The molecule has 2 rings (SSSR count). The third-order valence-electron chi connectivity index (χ3n) is 3.20. The molecule has 8 heteroatoms. The van der Waals surface area contributed by atoms with Gasteiger partial charge in [0.15, 0.2) is 0 Å². The second-order valence-electron chi connectivity index (χ2n) is 4.70. The van der Waals surface area contributed by atoms with Gasteiger partial charge >= 0.3 is 12.0 Å². The minimum atomic E-state index is -0.969. The van der Waals surface area contributed by atoms with E-state index in [4.69, 9.17) is 9.84 Å². The van der Waals surface area contributed by atoms with Gasteiger partial charge in [0.1, 0.15) is 5.92 Å². The third kappa shape index (κ3) is 3.08. The quantitative estimate of drug-likeness (QED) is 0.731. The number of anilines is 1. The fourth-order valence-corrected chi connectivity index (χ4v) is 2.17. The number of carbonyl (C=O) groups excluding carboxylic acids is 1. The zero-order valence-corrected chi connectivity index (χ0v) is 11.4. The third-order valence-corrected chi connectivity index (χ3v) is 3.20. The minimum absolute atomic E-state index is 0.118. The number of aromatic nitrogens is 2. The van der Waals surface area contributed by atoms with Gasteiger partial charge in [-0.2, -0.15) is 5.10 Å². The molecule has 0 saturated carbocycles. The summed E-state index contributed by atoms with van der Waals surface area (Å²) in [5.41, 5.74) is 1.40. The van der Waals surface area contributed by atoms with E-state index >= 15 is 0 Å². The van der Waals surface area contributed by atoms with E-state index in [0.29, 0.717) is 12.1 Å². The normalized spacial score (nSPS) is 21.7. The lowest BCUT2D eigenvalue weighted by Crippen LogP contribution is -2.44. The summed E-state index contributed by atoms with van der Waals surface area (Å²) in [5, 5.41) is 18.5. The molecule has 3 N–H and O–H groups in total. The van der Waals surface area contributed by atoms with Gasteiger partial charge in [0.25, 0.3) is 0 Å². The summed E-state index contributed by atoms with van der Waals surface area (Å²) < 4.78 is 6.71. The predicted molar refractivity (Wildman–Crippen MR) is 70.5 cm³/mol. The first-order valence-electron chi connectivity index (χ1n) is 6.41. The van der Waals surface area contributed by atoms with Gasteiger partial charge in [0.05, 0.1) is 30.6 Å². The maximum Gasteiger partial charge on any atom is 0.319 e. The van der Waals surface area contributed by atoms with E-state index in [1.54, 1.807) is 17.9 Å².